The molecule has 0 saturated carbocycles. The molecular weight excluding hydrogens is 244 g/mol. The van der Waals surface area contributed by atoms with Crippen LogP contribution in [0.25, 0.3) is 0 Å². The molecule has 0 aliphatic carbocycles. The van der Waals surface area contributed by atoms with Crippen molar-refractivity contribution < 1.29 is 23.0 Å². The maximum atomic E-state index is 12.0. The third-order valence-electron chi connectivity index (χ3n) is 1.99. The summed E-state index contributed by atoms with van der Waals surface area (Å²) in [7, 11) is 0. The van der Waals surface area contributed by atoms with Crippen LogP contribution in [0.4, 0.5) is 14.5 Å². The molecular formula is C12H15F2NO3. The molecule has 0 unspecified atom stereocenters. The van der Waals surface area contributed by atoms with Crippen molar-refractivity contribution in [1.29, 1.82) is 0 Å². The van der Waals surface area contributed by atoms with Gasteiger partial charge in [-0.2, -0.15) is 0 Å². The number of para-hydroxylation sites is 1. The molecule has 0 aromatic heterocycles. The van der Waals surface area contributed by atoms with E-state index in [0.29, 0.717) is 0 Å². The first-order valence-electron chi connectivity index (χ1n) is 5.42. The van der Waals surface area contributed by atoms with Gasteiger partial charge in [-0.25, -0.2) is 13.6 Å². The molecule has 1 aromatic rings. The molecule has 4 nitrogen and oxygen atoms in total. The lowest BCUT2D eigenvalue weighted by Crippen LogP contribution is -2.15. The zero-order valence-corrected chi connectivity index (χ0v) is 10.2. The number of nitrogen functional groups attached to an aromatic ring is 1. The Balaban J connectivity index is 2.87. The lowest BCUT2D eigenvalue weighted by Gasteiger charge is -2.13. The van der Waals surface area contributed by atoms with Crippen molar-refractivity contribution in [2.24, 2.45) is 0 Å². The molecule has 100 valence electrons. The van der Waals surface area contributed by atoms with Crippen molar-refractivity contribution in [1.82, 2.24) is 0 Å². The number of anilines is 1. The van der Waals surface area contributed by atoms with Gasteiger partial charge < -0.3 is 15.2 Å². The second-order valence-corrected chi connectivity index (χ2v) is 3.87. The summed E-state index contributed by atoms with van der Waals surface area (Å²) in [6.45, 7) is 2.63. The lowest BCUT2D eigenvalue weighted by molar-refractivity contribution is 0.0378. The Morgan fingerprint density at radius 2 is 2.06 bits per heavy atom. The summed E-state index contributed by atoms with van der Waals surface area (Å²) in [4.78, 5) is 11.7. The minimum atomic E-state index is -2.60. The van der Waals surface area contributed by atoms with Gasteiger partial charge in [0.05, 0.1) is 17.4 Å². The van der Waals surface area contributed by atoms with Crippen LogP contribution in [0.1, 0.15) is 24.2 Å². The number of hydrogen-bond donors (Lipinski definition) is 1. The maximum absolute atomic E-state index is 12.0. The first kappa shape index (κ1) is 14.2. The third-order valence-corrected chi connectivity index (χ3v) is 1.99. The van der Waals surface area contributed by atoms with Gasteiger partial charge in [-0.1, -0.05) is 6.07 Å². The summed E-state index contributed by atoms with van der Waals surface area (Å²) in [5.74, 6) is -0.557. The largest absolute Gasteiger partial charge is 0.485 e. The van der Waals surface area contributed by atoms with E-state index >= 15 is 0 Å². The van der Waals surface area contributed by atoms with Gasteiger partial charge >= 0.3 is 5.97 Å². The van der Waals surface area contributed by atoms with E-state index < -0.39 is 19.0 Å². The molecule has 1 aromatic carbocycles. The number of rotatable bonds is 5. The predicted molar refractivity (Wildman–Crippen MR) is 62.9 cm³/mol. The molecule has 0 heterocycles. The number of carbonyl (C=O) groups excluding carboxylic acids is 1. The SMILES string of the molecule is CC(C)OC(=O)c1cccc(OCC(F)F)c1N. The summed E-state index contributed by atoms with van der Waals surface area (Å²) in [5.41, 5.74) is 5.79. The first-order chi connectivity index (χ1) is 8.41. The van der Waals surface area contributed by atoms with Crippen LogP contribution >= 0.6 is 0 Å². The predicted octanol–water partition coefficient (Wildman–Crippen LogP) is 2.48. The van der Waals surface area contributed by atoms with Gasteiger partial charge in [0, 0.05) is 0 Å². The molecule has 0 saturated heterocycles. The molecule has 0 atom stereocenters. The highest BCUT2D eigenvalue weighted by Crippen LogP contribution is 2.26. The number of nitrogens with two attached hydrogens (primary N) is 1. The van der Waals surface area contributed by atoms with Crippen LogP contribution in [0.3, 0.4) is 0 Å². The van der Waals surface area contributed by atoms with E-state index in [0.717, 1.165) is 0 Å². The fraction of sp³-hybridized carbons (Fsp3) is 0.417. The fourth-order valence-electron chi connectivity index (χ4n) is 1.28. The minimum Gasteiger partial charge on any atom is -0.485 e. The molecule has 0 fully saturated rings. The average molecular weight is 259 g/mol. The van der Waals surface area contributed by atoms with Gasteiger partial charge in [-0.05, 0) is 26.0 Å². The Labute approximate surface area is 104 Å². The first-order valence-corrected chi connectivity index (χ1v) is 5.42. The highest BCUT2D eigenvalue weighted by atomic mass is 19.3. The van der Waals surface area contributed by atoms with Gasteiger partial charge in [0.25, 0.3) is 6.43 Å². The van der Waals surface area contributed by atoms with E-state index in [9.17, 15) is 13.6 Å². The molecule has 18 heavy (non-hydrogen) atoms. The van der Waals surface area contributed by atoms with Crippen LogP contribution in [-0.2, 0) is 4.74 Å². The fourth-order valence-corrected chi connectivity index (χ4v) is 1.28. The molecule has 0 radical (unpaired) electrons. The number of ether oxygens (including phenoxy) is 2. The van der Waals surface area contributed by atoms with Crippen molar-refractivity contribution in [2.45, 2.75) is 26.4 Å². The quantitative estimate of drug-likeness (QED) is 0.651. The second-order valence-electron chi connectivity index (χ2n) is 3.87. The Bertz CT molecular complexity index is 422. The number of halogens is 2. The molecule has 2 N–H and O–H groups in total. The third kappa shape index (κ3) is 3.87. The van der Waals surface area contributed by atoms with E-state index in [1.54, 1.807) is 13.8 Å². The number of benzene rings is 1. The van der Waals surface area contributed by atoms with E-state index in [4.69, 9.17) is 15.2 Å². The lowest BCUT2D eigenvalue weighted by atomic mass is 10.1. The Hall–Kier alpha value is -1.85. The number of esters is 1. The molecule has 6 heteroatoms. The van der Waals surface area contributed by atoms with E-state index in [1.165, 1.54) is 18.2 Å². The van der Waals surface area contributed by atoms with Crippen LogP contribution in [0.15, 0.2) is 18.2 Å². The van der Waals surface area contributed by atoms with Gasteiger partial charge in [0.1, 0.15) is 12.4 Å². The summed E-state index contributed by atoms with van der Waals surface area (Å²) in [6, 6.07) is 4.37. The minimum absolute atomic E-state index is 0.00352. The summed E-state index contributed by atoms with van der Waals surface area (Å²) < 4.78 is 33.8. The van der Waals surface area contributed by atoms with Gasteiger partial charge in [-0.3, -0.25) is 0 Å². The highest BCUT2D eigenvalue weighted by Gasteiger charge is 2.16. The smallest absolute Gasteiger partial charge is 0.340 e. The van der Waals surface area contributed by atoms with Crippen molar-refractivity contribution in [3.63, 3.8) is 0 Å². The maximum Gasteiger partial charge on any atom is 0.340 e. The zero-order chi connectivity index (χ0) is 13.7. The van der Waals surface area contributed by atoms with Crippen molar-refractivity contribution >= 4 is 11.7 Å². The summed E-state index contributed by atoms with van der Waals surface area (Å²) in [6.07, 6.45) is -2.89. The van der Waals surface area contributed by atoms with E-state index in [1.807, 2.05) is 0 Å². The average Bonchev–Trinajstić information content (AvgIpc) is 2.26. The van der Waals surface area contributed by atoms with Crippen LogP contribution < -0.4 is 10.5 Å². The van der Waals surface area contributed by atoms with Crippen LogP contribution in [0.5, 0.6) is 5.75 Å². The monoisotopic (exact) mass is 259 g/mol. The molecule has 1 rings (SSSR count). The van der Waals surface area contributed by atoms with Crippen LogP contribution in [0, 0.1) is 0 Å². The highest BCUT2D eigenvalue weighted by molar-refractivity contribution is 5.96. The molecule has 0 amide bonds. The van der Waals surface area contributed by atoms with E-state index in [-0.39, 0.29) is 23.1 Å². The Morgan fingerprint density at radius 1 is 1.39 bits per heavy atom. The van der Waals surface area contributed by atoms with Crippen LogP contribution in [-0.4, -0.2) is 25.1 Å². The number of carbonyl (C=O) groups is 1. The van der Waals surface area contributed by atoms with Gasteiger partial charge in [0.2, 0.25) is 0 Å². The Kier molecular flexibility index (Phi) is 4.88. The van der Waals surface area contributed by atoms with Crippen molar-refractivity contribution in [3.8, 4) is 5.75 Å². The standard InChI is InChI=1S/C12H15F2NO3/c1-7(2)18-12(16)8-4-3-5-9(11(8)15)17-6-10(13)14/h3-5,7,10H,6,15H2,1-2H3. The van der Waals surface area contributed by atoms with Crippen molar-refractivity contribution in [3.05, 3.63) is 23.8 Å². The molecule has 0 aliphatic rings. The zero-order valence-electron chi connectivity index (χ0n) is 10.2. The topological polar surface area (TPSA) is 61.5 Å². The second kappa shape index (κ2) is 6.18. The van der Waals surface area contributed by atoms with Gasteiger partial charge in [0.15, 0.2) is 0 Å². The normalized spacial score (nSPS) is 10.8. The van der Waals surface area contributed by atoms with Gasteiger partial charge in [-0.15, -0.1) is 0 Å². The van der Waals surface area contributed by atoms with Crippen LogP contribution in [0.2, 0.25) is 0 Å². The number of hydrogen-bond acceptors (Lipinski definition) is 4. The molecule has 0 bridgehead atoms. The molecule has 0 spiro atoms. The van der Waals surface area contributed by atoms with Crippen molar-refractivity contribution in [2.75, 3.05) is 12.3 Å². The summed E-state index contributed by atoms with van der Waals surface area (Å²) in [5, 5.41) is 0. The summed E-state index contributed by atoms with van der Waals surface area (Å²) >= 11 is 0. The number of alkyl halides is 2. The van der Waals surface area contributed by atoms with E-state index in [2.05, 4.69) is 0 Å². The Morgan fingerprint density at radius 3 is 2.61 bits per heavy atom. The molecule has 0 aliphatic heterocycles.